The molecule has 146 valence electrons. The van der Waals surface area contributed by atoms with Crippen LogP contribution < -0.4 is 9.64 Å². The molecule has 0 saturated heterocycles. The van der Waals surface area contributed by atoms with Crippen molar-refractivity contribution in [2.75, 3.05) is 31.0 Å². The molecular formula is C21H21ClN2O4. The van der Waals surface area contributed by atoms with E-state index in [0.29, 0.717) is 34.9 Å². The van der Waals surface area contributed by atoms with Gasteiger partial charge in [-0.15, -0.1) is 11.6 Å². The molecule has 3 rings (SSSR count). The molecule has 2 aromatic carbocycles. The largest absolute Gasteiger partial charge is 0.497 e. The normalized spacial score (nSPS) is 12.9. The lowest BCUT2D eigenvalue weighted by Crippen LogP contribution is -2.41. The summed E-state index contributed by atoms with van der Waals surface area (Å²) in [5.74, 6) is 0.298. The molecule has 6 nitrogen and oxygen atoms in total. The number of alkyl halides is 1. The third kappa shape index (κ3) is 4.02. The van der Waals surface area contributed by atoms with Crippen molar-refractivity contribution < 1.29 is 19.1 Å². The zero-order valence-electron chi connectivity index (χ0n) is 15.6. The van der Waals surface area contributed by atoms with E-state index in [1.807, 2.05) is 0 Å². The first-order valence-electron chi connectivity index (χ1n) is 9.02. The summed E-state index contributed by atoms with van der Waals surface area (Å²) >= 11 is 5.72. The van der Waals surface area contributed by atoms with Gasteiger partial charge in [-0.25, -0.2) is 0 Å². The molecule has 0 aromatic heterocycles. The van der Waals surface area contributed by atoms with Gasteiger partial charge in [0, 0.05) is 31.1 Å². The number of amides is 3. The monoisotopic (exact) mass is 400 g/mol. The van der Waals surface area contributed by atoms with E-state index < -0.39 is 0 Å². The van der Waals surface area contributed by atoms with Crippen LogP contribution in [0.2, 0.25) is 0 Å². The van der Waals surface area contributed by atoms with Crippen LogP contribution >= 0.6 is 11.6 Å². The van der Waals surface area contributed by atoms with Crippen molar-refractivity contribution >= 4 is 35.0 Å². The predicted octanol–water partition coefficient (Wildman–Crippen LogP) is 3.34. The van der Waals surface area contributed by atoms with Crippen molar-refractivity contribution in [2.24, 2.45) is 0 Å². The number of benzene rings is 2. The summed E-state index contributed by atoms with van der Waals surface area (Å²) in [7, 11) is 1.57. The van der Waals surface area contributed by atoms with Crippen molar-refractivity contribution in [1.82, 2.24) is 4.90 Å². The first-order chi connectivity index (χ1) is 13.6. The maximum absolute atomic E-state index is 12.7. The maximum Gasteiger partial charge on any atom is 0.261 e. The summed E-state index contributed by atoms with van der Waals surface area (Å²) < 4.78 is 5.16. The van der Waals surface area contributed by atoms with Crippen LogP contribution in [0.5, 0.6) is 5.75 Å². The van der Waals surface area contributed by atoms with E-state index in [0.717, 1.165) is 0 Å². The summed E-state index contributed by atoms with van der Waals surface area (Å²) in [5.41, 5.74) is 1.48. The van der Waals surface area contributed by atoms with Gasteiger partial charge in [0.15, 0.2) is 0 Å². The molecule has 28 heavy (non-hydrogen) atoms. The molecule has 0 N–H and O–H groups in total. The number of ether oxygens (including phenoxy) is 1. The van der Waals surface area contributed by atoms with Gasteiger partial charge in [-0.3, -0.25) is 19.3 Å². The molecule has 0 aliphatic carbocycles. The van der Waals surface area contributed by atoms with Gasteiger partial charge in [0.2, 0.25) is 5.91 Å². The number of nitrogens with zero attached hydrogens (tertiary/aromatic N) is 2. The number of halogens is 1. The number of fused-ring (bicyclic) bond motifs is 1. The number of anilines is 1. The lowest BCUT2D eigenvalue weighted by atomic mass is 10.1. The molecule has 1 aliphatic heterocycles. The average molecular weight is 401 g/mol. The Balaban J connectivity index is 1.77. The summed E-state index contributed by atoms with van der Waals surface area (Å²) in [4.78, 5) is 40.6. The van der Waals surface area contributed by atoms with Gasteiger partial charge in [0.1, 0.15) is 5.75 Å². The number of hydrogen-bond donors (Lipinski definition) is 0. The molecule has 1 heterocycles. The minimum absolute atomic E-state index is 0.109. The Bertz CT molecular complexity index is 847. The fourth-order valence-corrected chi connectivity index (χ4v) is 3.29. The number of carbonyl (C=O) groups excluding carboxylic acids is 3. The first-order valence-corrected chi connectivity index (χ1v) is 9.56. The highest BCUT2D eigenvalue weighted by molar-refractivity contribution is 6.21. The smallest absolute Gasteiger partial charge is 0.261 e. The van der Waals surface area contributed by atoms with Crippen LogP contribution in [-0.2, 0) is 4.79 Å². The van der Waals surface area contributed by atoms with E-state index in [1.54, 1.807) is 60.5 Å². The third-order valence-electron chi connectivity index (χ3n) is 4.63. The first kappa shape index (κ1) is 19.9. The van der Waals surface area contributed by atoms with E-state index in [-0.39, 0.29) is 37.2 Å². The summed E-state index contributed by atoms with van der Waals surface area (Å²) in [6.45, 7) is 0.323. The zero-order valence-corrected chi connectivity index (χ0v) is 16.3. The highest BCUT2D eigenvalue weighted by Gasteiger charge is 2.35. The Morgan fingerprint density at radius 2 is 1.64 bits per heavy atom. The lowest BCUT2D eigenvalue weighted by Gasteiger charge is -2.25. The van der Waals surface area contributed by atoms with Crippen molar-refractivity contribution in [3.8, 4) is 5.75 Å². The van der Waals surface area contributed by atoms with Crippen LogP contribution in [-0.4, -0.2) is 48.7 Å². The van der Waals surface area contributed by atoms with Gasteiger partial charge < -0.3 is 9.64 Å². The molecule has 0 bridgehead atoms. The van der Waals surface area contributed by atoms with Crippen LogP contribution in [0.1, 0.15) is 33.6 Å². The molecule has 0 fully saturated rings. The molecule has 0 spiro atoms. The molecule has 1 aliphatic rings. The Hall–Kier alpha value is -2.86. The lowest BCUT2D eigenvalue weighted by molar-refractivity contribution is -0.118. The van der Waals surface area contributed by atoms with Crippen LogP contribution in [0, 0.1) is 0 Å². The Morgan fingerprint density at radius 3 is 2.18 bits per heavy atom. The van der Waals surface area contributed by atoms with E-state index in [2.05, 4.69) is 0 Å². The summed E-state index contributed by atoms with van der Waals surface area (Å²) in [5, 5.41) is 0. The fourth-order valence-electron chi connectivity index (χ4n) is 3.16. The van der Waals surface area contributed by atoms with Crippen molar-refractivity contribution in [3.05, 3.63) is 59.7 Å². The van der Waals surface area contributed by atoms with Crippen LogP contribution in [0.15, 0.2) is 48.5 Å². The molecule has 0 radical (unpaired) electrons. The van der Waals surface area contributed by atoms with Crippen LogP contribution in [0.4, 0.5) is 5.69 Å². The quantitative estimate of drug-likeness (QED) is 0.503. The molecule has 3 amide bonds. The molecule has 7 heteroatoms. The molecule has 0 unspecified atom stereocenters. The minimum atomic E-state index is -0.330. The van der Waals surface area contributed by atoms with Gasteiger partial charge in [-0.2, -0.15) is 0 Å². The molecule has 0 atom stereocenters. The summed E-state index contributed by atoms with van der Waals surface area (Å²) in [6, 6.07) is 13.8. The van der Waals surface area contributed by atoms with Crippen LogP contribution in [0.3, 0.4) is 0 Å². The van der Waals surface area contributed by atoms with Gasteiger partial charge in [-0.05, 0) is 42.8 Å². The number of hydrogen-bond acceptors (Lipinski definition) is 4. The Morgan fingerprint density at radius 1 is 1.04 bits per heavy atom. The van der Waals surface area contributed by atoms with Crippen molar-refractivity contribution in [1.29, 1.82) is 0 Å². The SMILES string of the molecule is COc1ccc(N(CCN2C(=O)c3ccccc3C2=O)C(=O)CCCCl)cc1. The average Bonchev–Trinajstić information content (AvgIpc) is 2.97. The maximum atomic E-state index is 12.7. The molecular weight excluding hydrogens is 380 g/mol. The van der Waals surface area contributed by atoms with Gasteiger partial charge in [-0.1, -0.05) is 12.1 Å². The number of imide groups is 1. The Kier molecular flexibility index (Phi) is 6.31. The van der Waals surface area contributed by atoms with Crippen LogP contribution in [0.25, 0.3) is 0 Å². The molecule has 2 aromatic rings. The van der Waals surface area contributed by atoms with Gasteiger partial charge in [0.25, 0.3) is 11.8 Å². The second-order valence-electron chi connectivity index (χ2n) is 6.34. The second-order valence-corrected chi connectivity index (χ2v) is 6.72. The standard InChI is InChI=1S/C21H21ClN2O4/c1-28-16-10-8-15(9-11-16)23(19(25)7-4-12-22)13-14-24-20(26)17-5-2-3-6-18(17)21(24)27/h2-3,5-6,8-11H,4,7,12-14H2,1H3. The highest BCUT2D eigenvalue weighted by Crippen LogP contribution is 2.24. The van der Waals surface area contributed by atoms with E-state index in [9.17, 15) is 14.4 Å². The Labute approximate surface area is 168 Å². The van der Waals surface area contributed by atoms with Crippen molar-refractivity contribution in [3.63, 3.8) is 0 Å². The van der Waals surface area contributed by atoms with Crippen molar-refractivity contribution in [2.45, 2.75) is 12.8 Å². The van der Waals surface area contributed by atoms with E-state index in [4.69, 9.17) is 16.3 Å². The number of carbonyl (C=O) groups is 3. The zero-order chi connectivity index (χ0) is 20.1. The number of methoxy groups -OCH3 is 1. The fraction of sp³-hybridized carbons (Fsp3) is 0.286. The van der Waals surface area contributed by atoms with E-state index in [1.165, 1.54) is 4.90 Å². The van der Waals surface area contributed by atoms with E-state index >= 15 is 0 Å². The third-order valence-corrected chi connectivity index (χ3v) is 4.90. The predicted molar refractivity (Wildman–Crippen MR) is 107 cm³/mol. The molecule has 0 saturated carbocycles. The van der Waals surface area contributed by atoms with Gasteiger partial charge in [0.05, 0.1) is 18.2 Å². The van der Waals surface area contributed by atoms with Gasteiger partial charge >= 0.3 is 0 Å². The highest BCUT2D eigenvalue weighted by atomic mass is 35.5. The topological polar surface area (TPSA) is 66.9 Å². The second kappa shape index (κ2) is 8.89. The number of rotatable bonds is 8. The summed E-state index contributed by atoms with van der Waals surface area (Å²) in [6.07, 6.45) is 0.845. The minimum Gasteiger partial charge on any atom is -0.497 e.